The summed E-state index contributed by atoms with van der Waals surface area (Å²) in [5.74, 6) is 0.779. The van der Waals surface area contributed by atoms with Crippen molar-refractivity contribution < 1.29 is 14.3 Å². The zero-order valence-corrected chi connectivity index (χ0v) is 16.2. The maximum Gasteiger partial charge on any atom is 0.414 e. The molecule has 2 aromatic rings. The second kappa shape index (κ2) is 8.48. The van der Waals surface area contributed by atoms with Crippen LogP contribution < -0.4 is 9.64 Å². The molecule has 2 heterocycles. The van der Waals surface area contributed by atoms with Gasteiger partial charge in [0, 0.05) is 25.3 Å². The summed E-state index contributed by atoms with van der Waals surface area (Å²) in [4.78, 5) is 16.4. The molecule has 0 radical (unpaired) electrons. The van der Waals surface area contributed by atoms with E-state index in [-0.39, 0.29) is 12.2 Å². The lowest BCUT2D eigenvalue weighted by atomic mass is 9.99. The summed E-state index contributed by atoms with van der Waals surface area (Å²) >= 11 is 0. The molecule has 2 aliphatic rings. The monoisotopic (exact) mass is 378 g/mol. The summed E-state index contributed by atoms with van der Waals surface area (Å²) in [6.07, 6.45) is 3.91. The fourth-order valence-corrected chi connectivity index (χ4v) is 3.80. The Morgan fingerprint density at radius 1 is 1.11 bits per heavy atom. The van der Waals surface area contributed by atoms with E-state index in [2.05, 4.69) is 41.3 Å². The highest BCUT2D eigenvalue weighted by Crippen LogP contribution is 2.26. The lowest BCUT2D eigenvalue weighted by molar-refractivity contribution is 0.127. The number of amides is 1. The molecule has 2 aromatic carbocycles. The van der Waals surface area contributed by atoms with E-state index in [4.69, 9.17) is 9.47 Å². The number of carbonyl (C=O) groups is 1. The number of methoxy groups -OCH3 is 1. The fraction of sp³-hybridized carbons (Fsp3) is 0.348. The average Bonchev–Trinajstić information content (AvgIpc) is 3.14. The molecule has 1 fully saturated rings. The Kier molecular flexibility index (Phi) is 5.63. The van der Waals surface area contributed by atoms with Gasteiger partial charge in [0.15, 0.2) is 0 Å². The van der Waals surface area contributed by atoms with Crippen molar-refractivity contribution in [2.45, 2.75) is 18.9 Å². The molecule has 1 atom stereocenters. The molecular weight excluding hydrogens is 352 g/mol. The Bertz CT molecular complexity index is 833. The summed E-state index contributed by atoms with van der Waals surface area (Å²) in [6, 6.07) is 18.1. The predicted molar refractivity (Wildman–Crippen MR) is 111 cm³/mol. The van der Waals surface area contributed by atoms with Gasteiger partial charge < -0.3 is 9.47 Å². The molecule has 0 spiro atoms. The highest BCUT2D eigenvalue weighted by atomic mass is 16.6. The molecule has 0 aliphatic carbocycles. The van der Waals surface area contributed by atoms with E-state index in [0.717, 1.165) is 43.9 Å². The Balaban J connectivity index is 1.28. The van der Waals surface area contributed by atoms with E-state index < -0.39 is 0 Å². The summed E-state index contributed by atoms with van der Waals surface area (Å²) in [5, 5.41) is 0. The topological polar surface area (TPSA) is 42.0 Å². The summed E-state index contributed by atoms with van der Waals surface area (Å²) in [6.45, 7) is 3.54. The van der Waals surface area contributed by atoms with Crippen molar-refractivity contribution in [3.63, 3.8) is 0 Å². The number of nitrogens with zero attached hydrogens (tertiary/aromatic N) is 2. The molecule has 5 heteroatoms. The lowest BCUT2D eigenvalue weighted by Gasteiger charge is -2.27. The van der Waals surface area contributed by atoms with Crippen molar-refractivity contribution in [2.75, 3.05) is 38.2 Å². The van der Waals surface area contributed by atoms with Crippen LogP contribution in [0.25, 0.3) is 5.57 Å². The van der Waals surface area contributed by atoms with Crippen LogP contribution in [0.4, 0.5) is 10.5 Å². The third-order valence-corrected chi connectivity index (χ3v) is 5.46. The van der Waals surface area contributed by atoms with Gasteiger partial charge in [-0.05, 0) is 48.2 Å². The quantitative estimate of drug-likeness (QED) is 0.756. The zero-order chi connectivity index (χ0) is 19.3. The zero-order valence-electron chi connectivity index (χ0n) is 16.2. The van der Waals surface area contributed by atoms with Crippen LogP contribution in [0, 0.1) is 0 Å². The van der Waals surface area contributed by atoms with E-state index in [0.29, 0.717) is 6.54 Å². The Labute approximate surface area is 166 Å². The average molecular weight is 378 g/mol. The summed E-state index contributed by atoms with van der Waals surface area (Å²) < 4.78 is 10.8. The second-order valence-electron chi connectivity index (χ2n) is 7.25. The molecule has 1 saturated heterocycles. The Morgan fingerprint density at radius 3 is 2.57 bits per heavy atom. The van der Waals surface area contributed by atoms with Gasteiger partial charge in [0.25, 0.3) is 0 Å². The van der Waals surface area contributed by atoms with E-state index in [1.54, 1.807) is 12.0 Å². The minimum absolute atomic E-state index is 0.0610. The molecule has 4 rings (SSSR count). The number of hydrogen-bond acceptors (Lipinski definition) is 4. The number of rotatable bonds is 6. The Hall–Kier alpha value is -2.79. The maximum absolute atomic E-state index is 12.2. The van der Waals surface area contributed by atoms with E-state index in [9.17, 15) is 4.79 Å². The molecule has 0 bridgehead atoms. The second-order valence-corrected chi connectivity index (χ2v) is 7.25. The molecule has 0 saturated carbocycles. The van der Waals surface area contributed by atoms with E-state index in [1.807, 2.05) is 24.3 Å². The van der Waals surface area contributed by atoms with Crippen LogP contribution in [0.5, 0.6) is 5.75 Å². The van der Waals surface area contributed by atoms with E-state index >= 15 is 0 Å². The standard InChI is InChI=1S/C23H26N2O3/c1-27-21-9-7-20(8-10-21)25-17-22(28-23(25)26)13-16-24-14-11-19(12-15-24)18-5-3-2-4-6-18/h2-11,22H,12-17H2,1H3. The van der Waals surface area contributed by atoms with Gasteiger partial charge in [0.05, 0.1) is 13.7 Å². The number of carbonyl (C=O) groups excluding carboxylic acids is 1. The first-order chi connectivity index (χ1) is 13.7. The number of ether oxygens (including phenoxy) is 2. The molecule has 0 N–H and O–H groups in total. The van der Waals surface area contributed by atoms with Crippen LogP contribution in [0.15, 0.2) is 60.7 Å². The van der Waals surface area contributed by atoms with Crippen molar-refractivity contribution in [3.05, 3.63) is 66.2 Å². The maximum atomic E-state index is 12.2. The Morgan fingerprint density at radius 2 is 1.89 bits per heavy atom. The molecule has 2 aliphatic heterocycles. The van der Waals surface area contributed by atoms with Gasteiger partial charge in [-0.2, -0.15) is 0 Å². The first-order valence-electron chi connectivity index (χ1n) is 9.82. The molecule has 1 amide bonds. The van der Waals surface area contributed by atoms with Gasteiger partial charge in [-0.3, -0.25) is 9.80 Å². The van der Waals surface area contributed by atoms with Gasteiger partial charge in [-0.25, -0.2) is 4.79 Å². The van der Waals surface area contributed by atoms with Gasteiger partial charge in [0.1, 0.15) is 11.9 Å². The molecule has 1 unspecified atom stereocenters. The van der Waals surface area contributed by atoms with Crippen LogP contribution in [0.3, 0.4) is 0 Å². The minimum atomic E-state index is -0.264. The third-order valence-electron chi connectivity index (χ3n) is 5.46. The van der Waals surface area contributed by atoms with Crippen LogP contribution in [-0.2, 0) is 4.74 Å². The first-order valence-corrected chi connectivity index (χ1v) is 9.82. The summed E-state index contributed by atoms with van der Waals surface area (Å²) in [5.41, 5.74) is 3.60. The molecule has 5 nitrogen and oxygen atoms in total. The predicted octanol–water partition coefficient (Wildman–Crippen LogP) is 4.20. The van der Waals surface area contributed by atoms with Crippen LogP contribution in [-0.4, -0.2) is 50.4 Å². The molecular formula is C23H26N2O3. The van der Waals surface area contributed by atoms with Crippen molar-refractivity contribution in [3.8, 4) is 5.75 Å². The van der Waals surface area contributed by atoms with E-state index in [1.165, 1.54) is 11.1 Å². The lowest BCUT2D eigenvalue weighted by Crippen LogP contribution is -2.32. The number of cyclic esters (lactones) is 1. The van der Waals surface area contributed by atoms with Crippen LogP contribution in [0.2, 0.25) is 0 Å². The number of hydrogen-bond donors (Lipinski definition) is 0. The summed E-state index contributed by atoms with van der Waals surface area (Å²) in [7, 11) is 1.63. The van der Waals surface area contributed by atoms with Crippen molar-refractivity contribution in [1.29, 1.82) is 0 Å². The smallest absolute Gasteiger partial charge is 0.414 e. The fourth-order valence-electron chi connectivity index (χ4n) is 3.80. The highest BCUT2D eigenvalue weighted by Gasteiger charge is 2.32. The molecule has 0 aromatic heterocycles. The van der Waals surface area contributed by atoms with Crippen molar-refractivity contribution in [2.24, 2.45) is 0 Å². The van der Waals surface area contributed by atoms with Crippen molar-refractivity contribution in [1.82, 2.24) is 4.90 Å². The normalized spacial score (nSPS) is 20.0. The third kappa shape index (κ3) is 4.20. The van der Waals surface area contributed by atoms with Crippen molar-refractivity contribution >= 4 is 17.4 Å². The molecule has 28 heavy (non-hydrogen) atoms. The van der Waals surface area contributed by atoms with Crippen LogP contribution >= 0.6 is 0 Å². The largest absolute Gasteiger partial charge is 0.497 e. The minimum Gasteiger partial charge on any atom is -0.497 e. The SMILES string of the molecule is COc1ccc(N2CC(CCN3CC=C(c4ccccc4)CC3)OC2=O)cc1. The highest BCUT2D eigenvalue weighted by molar-refractivity contribution is 5.89. The number of anilines is 1. The van der Waals surface area contributed by atoms with Crippen LogP contribution in [0.1, 0.15) is 18.4 Å². The van der Waals surface area contributed by atoms with Gasteiger partial charge in [0.2, 0.25) is 0 Å². The number of benzene rings is 2. The van der Waals surface area contributed by atoms with Gasteiger partial charge in [-0.1, -0.05) is 36.4 Å². The first kappa shape index (κ1) is 18.6. The van der Waals surface area contributed by atoms with Gasteiger partial charge in [-0.15, -0.1) is 0 Å². The van der Waals surface area contributed by atoms with Gasteiger partial charge >= 0.3 is 6.09 Å². The molecule has 146 valence electrons.